The average molecular weight is 313 g/mol. The second-order valence-corrected chi connectivity index (χ2v) is 6.40. The maximum absolute atomic E-state index is 12.6. The molecule has 0 bridgehead atoms. The number of rotatable bonds is 4. The van der Waals surface area contributed by atoms with Crippen LogP contribution in [0.1, 0.15) is 30.3 Å². The maximum atomic E-state index is 12.6. The van der Waals surface area contributed by atoms with Crippen molar-refractivity contribution in [1.82, 2.24) is 5.32 Å². The number of thiophene rings is 1. The SMILES string of the molecule is CNC(c1ccc(-c2ccc(C(F)(F)F)cc2)s1)C(C)C. The summed E-state index contributed by atoms with van der Waals surface area (Å²) in [5, 5.41) is 3.27. The van der Waals surface area contributed by atoms with Crippen LogP contribution in [-0.2, 0) is 6.18 Å². The summed E-state index contributed by atoms with van der Waals surface area (Å²) < 4.78 is 37.7. The van der Waals surface area contributed by atoms with Gasteiger partial charge >= 0.3 is 6.18 Å². The number of alkyl halides is 3. The van der Waals surface area contributed by atoms with Crippen LogP contribution in [0.15, 0.2) is 36.4 Å². The van der Waals surface area contributed by atoms with E-state index in [1.165, 1.54) is 17.0 Å². The Labute approximate surface area is 126 Å². The molecule has 2 rings (SSSR count). The summed E-state index contributed by atoms with van der Waals surface area (Å²) in [6, 6.07) is 9.59. The van der Waals surface area contributed by atoms with E-state index in [1.54, 1.807) is 11.3 Å². The summed E-state index contributed by atoms with van der Waals surface area (Å²) in [7, 11) is 1.92. The Hall–Kier alpha value is -1.33. The third kappa shape index (κ3) is 3.66. The molecule has 1 unspecified atom stereocenters. The first-order valence-electron chi connectivity index (χ1n) is 6.77. The van der Waals surface area contributed by atoms with E-state index >= 15 is 0 Å². The normalized spacial score (nSPS) is 13.7. The standard InChI is InChI=1S/C16H18F3NS/c1-10(2)15(20-3)14-9-8-13(21-14)11-4-6-12(7-5-11)16(17,18)19/h4-10,15,20H,1-3H3. The Morgan fingerprint density at radius 1 is 1.00 bits per heavy atom. The summed E-state index contributed by atoms with van der Waals surface area (Å²) in [5.41, 5.74) is 0.205. The number of halogens is 3. The fourth-order valence-corrected chi connectivity index (χ4v) is 3.60. The predicted octanol–water partition coefficient (Wildman–Crippen LogP) is 5.35. The lowest BCUT2D eigenvalue weighted by Gasteiger charge is -2.18. The van der Waals surface area contributed by atoms with Crippen molar-refractivity contribution < 1.29 is 13.2 Å². The van der Waals surface area contributed by atoms with E-state index in [0.29, 0.717) is 5.92 Å². The monoisotopic (exact) mass is 313 g/mol. The quantitative estimate of drug-likeness (QED) is 0.802. The van der Waals surface area contributed by atoms with E-state index in [-0.39, 0.29) is 6.04 Å². The van der Waals surface area contributed by atoms with Gasteiger partial charge in [-0.3, -0.25) is 0 Å². The number of benzene rings is 1. The summed E-state index contributed by atoms with van der Waals surface area (Å²) in [5.74, 6) is 0.453. The zero-order chi connectivity index (χ0) is 15.6. The van der Waals surface area contributed by atoms with Gasteiger partial charge in [0, 0.05) is 15.8 Å². The first-order valence-corrected chi connectivity index (χ1v) is 7.59. The van der Waals surface area contributed by atoms with Crippen LogP contribution >= 0.6 is 11.3 Å². The van der Waals surface area contributed by atoms with Crippen LogP contribution in [0, 0.1) is 5.92 Å². The molecule has 0 aliphatic carbocycles. The molecule has 0 amide bonds. The van der Waals surface area contributed by atoms with E-state index in [1.807, 2.05) is 19.2 Å². The predicted molar refractivity (Wildman–Crippen MR) is 81.4 cm³/mol. The van der Waals surface area contributed by atoms with Crippen molar-refractivity contribution in [2.24, 2.45) is 5.92 Å². The minimum Gasteiger partial charge on any atom is -0.312 e. The number of hydrogen-bond donors (Lipinski definition) is 1. The van der Waals surface area contributed by atoms with Gasteiger partial charge < -0.3 is 5.32 Å². The molecule has 0 radical (unpaired) electrons. The van der Waals surface area contributed by atoms with Gasteiger partial charge in [-0.05, 0) is 42.8 Å². The molecule has 1 atom stereocenters. The van der Waals surface area contributed by atoms with Gasteiger partial charge in [0.2, 0.25) is 0 Å². The topological polar surface area (TPSA) is 12.0 Å². The third-order valence-electron chi connectivity index (χ3n) is 3.41. The molecular weight excluding hydrogens is 295 g/mol. The minimum atomic E-state index is -4.28. The largest absolute Gasteiger partial charge is 0.416 e. The van der Waals surface area contributed by atoms with Gasteiger partial charge in [-0.1, -0.05) is 26.0 Å². The molecule has 0 aliphatic rings. The molecule has 0 saturated carbocycles. The van der Waals surface area contributed by atoms with E-state index in [0.717, 1.165) is 22.6 Å². The molecule has 5 heteroatoms. The molecule has 114 valence electrons. The minimum absolute atomic E-state index is 0.262. The van der Waals surface area contributed by atoms with Crippen LogP contribution < -0.4 is 5.32 Å². The van der Waals surface area contributed by atoms with Gasteiger partial charge in [-0.15, -0.1) is 11.3 Å². The summed E-state index contributed by atoms with van der Waals surface area (Å²) in [6.45, 7) is 4.28. The molecule has 0 saturated heterocycles. The van der Waals surface area contributed by atoms with Crippen molar-refractivity contribution in [3.05, 3.63) is 46.8 Å². The zero-order valence-corrected chi connectivity index (χ0v) is 13.0. The van der Waals surface area contributed by atoms with Gasteiger partial charge in [0.15, 0.2) is 0 Å². The lowest BCUT2D eigenvalue weighted by atomic mass is 10.0. The summed E-state index contributed by atoms with van der Waals surface area (Å²) >= 11 is 1.62. The molecule has 1 N–H and O–H groups in total. The van der Waals surface area contributed by atoms with Crippen LogP contribution in [0.4, 0.5) is 13.2 Å². The molecule has 1 heterocycles. The first kappa shape index (κ1) is 16.0. The van der Waals surface area contributed by atoms with Crippen molar-refractivity contribution in [1.29, 1.82) is 0 Å². The number of nitrogens with one attached hydrogen (secondary N) is 1. The van der Waals surface area contributed by atoms with Crippen LogP contribution in [0.3, 0.4) is 0 Å². The molecule has 1 nitrogen and oxygen atoms in total. The lowest BCUT2D eigenvalue weighted by Crippen LogP contribution is -2.20. The van der Waals surface area contributed by atoms with Crippen molar-refractivity contribution >= 4 is 11.3 Å². The molecular formula is C16H18F3NS. The van der Waals surface area contributed by atoms with E-state index in [2.05, 4.69) is 19.2 Å². The van der Waals surface area contributed by atoms with Crippen molar-refractivity contribution in [2.75, 3.05) is 7.05 Å². The summed E-state index contributed by atoms with van der Waals surface area (Å²) in [4.78, 5) is 2.18. The van der Waals surface area contributed by atoms with Crippen LogP contribution in [0.25, 0.3) is 10.4 Å². The molecule has 1 aromatic heterocycles. The molecule has 2 aromatic rings. The highest BCUT2D eigenvalue weighted by molar-refractivity contribution is 7.15. The fourth-order valence-electron chi connectivity index (χ4n) is 2.30. The Bertz CT molecular complexity index is 584. The van der Waals surface area contributed by atoms with Gasteiger partial charge in [0.05, 0.1) is 5.56 Å². The first-order chi connectivity index (χ1) is 9.82. The van der Waals surface area contributed by atoms with Gasteiger partial charge in [0.1, 0.15) is 0 Å². The second kappa shape index (κ2) is 6.20. The second-order valence-electron chi connectivity index (χ2n) is 5.29. The highest BCUT2D eigenvalue weighted by Gasteiger charge is 2.30. The van der Waals surface area contributed by atoms with Crippen LogP contribution in [-0.4, -0.2) is 7.05 Å². The van der Waals surface area contributed by atoms with Gasteiger partial charge in [-0.2, -0.15) is 13.2 Å². The van der Waals surface area contributed by atoms with E-state index in [4.69, 9.17) is 0 Å². The maximum Gasteiger partial charge on any atom is 0.416 e. The third-order valence-corrected chi connectivity index (χ3v) is 4.63. The van der Waals surface area contributed by atoms with E-state index in [9.17, 15) is 13.2 Å². The lowest BCUT2D eigenvalue weighted by molar-refractivity contribution is -0.137. The fraction of sp³-hybridized carbons (Fsp3) is 0.375. The Morgan fingerprint density at radius 3 is 2.10 bits per heavy atom. The molecule has 0 spiro atoms. The highest BCUT2D eigenvalue weighted by Crippen LogP contribution is 2.35. The van der Waals surface area contributed by atoms with Gasteiger partial charge in [-0.25, -0.2) is 0 Å². The Morgan fingerprint density at radius 2 is 1.62 bits per heavy atom. The summed E-state index contributed by atoms with van der Waals surface area (Å²) in [6.07, 6.45) is -4.28. The van der Waals surface area contributed by atoms with Gasteiger partial charge in [0.25, 0.3) is 0 Å². The highest BCUT2D eigenvalue weighted by atomic mass is 32.1. The van der Waals surface area contributed by atoms with Crippen molar-refractivity contribution in [3.63, 3.8) is 0 Å². The molecule has 0 fully saturated rings. The molecule has 21 heavy (non-hydrogen) atoms. The van der Waals surface area contributed by atoms with Crippen molar-refractivity contribution in [3.8, 4) is 10.4 Å². The molecule has 1 aromatic carbocycles. The number of hydrogen-bond acceptors (Lipinski definition) is 2. The van der Waals surface area contributed by atoms with Crippen LogP contribution in [0.2, 0.25) is 0 Å². The van der Waals surface area contributed by atoms with Crippen LogP contribution in [0.5, 0.6) is 0 Å². The smallest absolute Gasteiger partial charge is 0.312 e. The van der Waals surface area contributed by atoms with Crippen molar-refractivity contribution in [2.45, 2.75) is 26.1 Å². The molecule has 0 aliphatic heterocycles. The van der Waals surface area contributed by atoms with E-state index < -0.39 is 11.7 Å². The zero-order valence-electron chi connectivity index (χ0n) is 12.2. The average Bonchev–Trinajstić information content (AvgIpc) is 2.88. The Kier molecular flexibility index (Phi) is 4.74. The Balaban J connectivity index is 2.25.